The molecule has 0 aliphatic rings. The summed E-state index contributed by atoms with van der Waals surface area (Å²) < 4.78 is 0. The quantitative estimate of drug-likeness (QED) is 0.711. The van der Waals surface area contributed by atoms with Crippen LogP contribution in [0.5, 0.6) is 0 Å². The molecule has 2 rings (SSSR count). The minimum absolute atomic E-state index is 0.0587. The number of hydrogen-bond acceptors (Lipinski definition) is 4. The monoisotopic (exact) mass is 329 g/mol. The fourth-order valence-electron chi connectivity index (χ4n) is 2.78. The van der Waals surface area contributed by atoms with Crippen molar-refractivity contribution in [1.82, 2.24) is 4.98 Å². The van der Waals surface area contributed by atoms with Crippen molar-refractivity contribution >= 4 is 23.1 Å². The van der Waals surface area contributed by atoms with Gasteiger partial charge in [-0.15, -0.1) is 0 Å². The first-order valence-electron chi connectivity index (χ1n) is 7.78. The predicted molar refractivity (Wildman–Crippen MR) is 95.0 cm³/mol. The number of aryl methyl sites for hydroxylation is 1. The summed E-state index contributed by atoms with van der Waals surface area (Å²) in [5.41, 5.74) is 3.95. The zero-order valence-electron chi connectivity index (χ0n) is 14.4. The fourth-order valence-corrected chi connectivity index (χ4v) is 2.78. The number of hydrogen-bond donors (Lipinski definition) is 3. The standard InChI is InChI=1S/C18H23N3O3/c1-11-16(13(3)23)12(2)19-17(11)18(24)20-14-5-7-15(8-6-14)21(4)9-10-22/h5-8,19,22H,9-10H2,1-4H3,(H,20,24). The largest absolute Gasteiger partial charge is 0.395 e. The Morgan fingerprint density at radius 3 is 2.33 bits per heavy atom. The smallest absolute Gasteiger partial charge is 0.272 e. The third-order valence-corrected chi connectivity index (χ3v) is 4.02. The summed E-state index contributed by atoms with van der Waals surface area (Å²) in [4.78, 5) is 29.0. The lowest BCUT2D eigenvalue weighted by Crippen LogP contribution is -2.21. The van der Waals surface area contributed by atoms with Gasteiger partial charge in [0, 0.05) is 36.2 Å². The molecule has 3 N–H and O–H groups in total. The van der Waals surface area contributed by atoms with E-state index in [1.807, 2.05) is 24.1 Å². The molecule has 0 aliphatic carbocycles. The lowest BCUT2D eigenvalue weighted by Gasteiger charge is -2.18. The van der Waals surface area contributed by atoms with Crippen LogP contribution in [-0.4, -0.2) is 42.0 Å². The van der Waals surface area contributed by atoms with Crippen LogP contribution < -0.4 is 10.2 Å². The van der Waals surface area contributed by atoms with Crippen LogP contribution in [0, 0.1) is 13.8 Å². The zero-order valence-corrected chi connectivity index (χ0v) is 14.4. The Balaban J connectivity index is 2.16. The highest BCUT2D eigenvalue weighted by molar-refractivity contribution is 6.07. The molecule has 6 nitrogen and oxygen atoms in total. The molecule has 0 radical (unpaired) electrons. The summed E-state index contributed by atoms with van der Waals surface area (Å²) in [7, 11) is 1.89. The number of aliphatic hydroxyl groups is 1. The number of H-pyrrole nitrogens is 1. The van der Waals surface area contributed by atoms with Gasteiger partial charge in [0.1, 0.15) is 5.69 Å². The van der Waals surface area contributed by atoms with Gasteiger partial charge in [-0.1, -0.05) is 0 Å². The number of ketones is 1. The van der Waals surface area contributed by atoms with Crippen molar-refractivity contribution in [3.05, 3.63) is 46.8 Å². The van der Waals surface area contributed by atoms with Gasteiger partial charge in [0.25, 0.3) is 5.91 Å². The Hall–Kier alpha value is -2.60. The Morgan fingerprint density at radius 2 is 1.83 bits per heavy atom. The summed E-state index contributed by atoms with van der Waals surface area (Å²) in [6.07, 6.45) is 0. The highest BCUT2D eigenvalue weighted by atomic mass is 16.3. The minimum atomic E-state index is -0.278. The number of Topliss-reactive ketones (excluding diaryl/α,β-unsaturated/α-hetero) is 1. The summed E-state index contributed by atoms with van der Waals surface area (Å²) in [5, 5.41) is 11.8. The Morgan fingerprint density at radius 1 is 1.21 bits per heavy atom. The van der Waals surface area contributed by atoms with Gasteiger partial charge in [-0.25, -0.2) is 0 Å². The number of aromatic nitrogens is 1. The summed E-state index contributed by atoms with van der Waals surface area (Å²) in [5.74, 6) is -0.337. The number of carbonyl (C=O) groups excluding carboxylic acids is 2. The minimum Gasteiger partial charge on any atom is -0.395 e. The molecule has 1 aromatic heterocycles. The number of benzene rings is 1. The maximum atomic E-state index is 12.4. The lowest BCUT2D eigenvalue weighted by atomic mass is 10.1. The van der Waals surface area contributed by atoms with E-state index in [0.29, 0.717) is 34.7 Å². The van der Waals surface area contributed by atoms with Crippen LogP contribution in [0.2, 0.25) is 0 Å². The van der Waals surface area contributed by atoms with Crippen molar-refractivity contribution in [2.45, 2.75) is 20.8 Å². The van der Waals surface area contributed by atoms with Crippen molar-refractivity contribution in [2.24, 2.45) is 0 Å². The van der Waals surface area contributed by atoms with Gasteiger partial charge in [0.15, 0.2) is 5.78 Å². The molecule has 0 spiro atoms. The van der Waals surface area contributed by atoms with E-state index < -0.39 is 0 Å². The first kappa shape index (κ1) is 17.7. The molecule has 0 atom stereocenters. The first-order valence-corrected chi connectivity index (χ1v) is 7.78. The van der Waals surface area contributed by atoms with Crippen molar-refractivity contribution < 1.29 is 14.7 Å². The third kappa shape index (κ3) is 3.65. The number of likely N-dealkylation sites (N-methyl/N-ethyl adjacent to an activating group) is 1. The van der Waals surface area contributed by atoms with Crippen LogP contribution in [0.4, 0.5) is 11.4 Å². The van der Waals surface area contributed by atoms with Crippen LogP contribution in [0.25, 0.3) is 0 Å². The molecule has 1 aromatic carbocycles. The average molecular weight is 329 g/mol. The predicted octanol–water partition coefficient (Wildman–Crippen LogP) is 2.51. The molecule has 6 heteroatoms. The highest BCUT2D eigenvalue weighted by Gasteiger charge is 2.19. The van der Waals surface area contributed by atoms with Crippen molar-refractivity contribution in [1.29, 1.82) is 0 Å². The number of aromatic amines is 1. The Kier molecular flexibility index (Phi) is 5.41. The van der Waals surface area contributed by atoms with Crippen molar-refractivity contribution in [3.63, 3.8) is 0 Å². The number of rotatable bonds is 6. The van der Waals surface area contributed by atoms with Gasteiger partial charge in [0.2, 0.25) is 0 Å². The van der Waals surface area contributed by atoms with Crippen LogP contribution in [0.15, 0.2) is 24.3 Å². The van der Waals surface area contributed by atoms with Crippen LogP contribution in [0.1, 0.15) is 39.0 Å². The van der Waals surface area contributed by atoms with Crippen LogP contribution in [0.3, 0.4) is 0 Å². The molecule has 0 aliphatic heterocycles. The average Bonchev–Trinajstić information content (AvgIpc) is 2.83. The molecule has 0 bridgehead atoms. The topological polar surface area (TPSA) is 85.4 Å². The van der Waals surface area contributed by atoms with Gasteiger partial charge in [-0.05, 0) is 50.6 Å². The van der Waals surface area contributed by atoms with Crippen molar-refractivity contribution in [2.75, 3.05) is 30.4 Å². The van der Waals surface area contributed by atoms with E-state index in [9.17, 15) is 9.59 Å². The number of amides is 1. The third-order valence-electron chi connectivity index (χ3n) is 4.02. The molecule has 0 unspecified atom stereocenters. The molecule has 0 saturated carbocycles. The maximum absolute atomic E-state index is 12.4. The second-order valence-electron chi connectivity index (χ2n) is 5.83. The summed E-state index contributed by atoms with van der Waals surface area (Å²) in [6.45, 7) is 5.67. The lowest BCUT2D eigenvalue weighted by molar-refractivity contribution is 0.101. The van der Waals surface area contributed by atoms with Gasteiger partial charge >= 0.3 is 0 Å². The summed E-state index contributed by atoms with van der Waals surface area (Å²) in [6, 6.07) is 7.36. The molecular formula is C18H23N3O3. The van der Waals surface area contributed by atoms with E-state index in [1.54, 1.807) is 26.0 Å². The van der Waals surface area contributed by atoms with Gasteiger partial charge in [-0.2, -0.15) is 0 Å². The Labute approximate surface area is 141 Å². The summed E-state index contributed by atoms with van der Waals surface area (Å²) >= 11 is 0. The number of nitrogens with zero attached hydrogens (tertiary/aromatic N) is 1. The molecule has 24 heavy (non-hydrogen) atoms. The normalized spacial score (nSPS) is 10.5. The van der Waals surface area contributed by atoms with Gasteiger partial charge < -0.3 is 20.3 Å². The highest BCUT2D eigenvalue weighted by Crippen LogP contribution is 2.21. The SMILES string of the molecule is CC(=O)c1c(C)[nH]c(C(=O)Nc2ccc(N(C)CCO)cc2)c1C. The second kappa shape index (κ2) is 7.31. The van der Waals surface area contributed by atoms with Crippen LogP contribution >= 0.6 is 0 Å². The molecule has 0 fully saturated rings. The van der Waals surface area contributed by atoms with E-state index >= 15 is 0 Å². The van der Waals surface area contributed by atoms with E-state index in [4.69, 9.17) is 5.11 Å². The fraction of sp³-hybridized carbons (Fsp3) is 0.333. The number of aliphatic hydroxyl groups excluding tert-OH is 1. The van der Waals surface area contributed by atoms with Crippen molar-refractivity contribution in [3.8, 4) is 0 Å². The molecule has 128 valence electrons. The number of carbonyl (C=O) groups is 2. The molecule has 1 heterocycles. The van der Waals surface area contributed by atoms with E-state index in [2.05, 4.69) is 10.3 Å². The van der Waals surface area contributed by atoms with E-state index in [0.717, 1.165) is 5.69 Å². The van der Waals surface area contributed by atoms with Gasteiger partial charge in [-0.3, -0.25) is 9.59 Å². The molecule has 1 amide bonds. The van der Waals surface area contributed by atoms with Gasteiger partial charge in [0.05, 0.1) is 6.61 Å². The second-order valence-corrected chi connectivity index (χ2v) is 5.83. The van der Waals surface area contributed by atoms with E-state index in [-0.39, 0.29) is 18.3 Å². The Bertz CT molecular complexity index is 748. The molecule has 0 saturated heterocycles. The number of anilines is 2. The molecule has 2 aromatic rings. The first-order chi connectivity index (χ1) is 11.3. The molecular weight excluding hydrogens is 306 g/mol. The zero-order chi connectivity index (χ0) is 17.9. The number of nitrogens with one attached hydrogen (secondary N) is 2. The van der Waals surface area contributed by atoms with Crippen LogP contribution in [-0.2, 0) is 0 Å². The van der Waals surface area contributed by atoms with E-state index in [1.165, 1.54) is 6.92 Å². The maximum Gasteiger partial charge on any atom is 0.272 e.